The molecule has 4 atom stereocenters. The molecule has 4 heteroatoms. The first-order chi connectivity index (χ1) is 8.85. The third-order valence-corrected chi connectivity index (χ3v) is 5.47. The van der Waals surface area contributed by atoms with Crippen LogP contribution < -0.4 is 5.32 Å². The van der Waals surface area contributed by atoms with E-state index in [2.05, 4.69) is 10.2 Å². The minimum Gasteiger partial charge on any atom is -0.378 e. The van der Waals surface area contributed by atoms with E-state index in [1.165, 1.54) is 39.0 Å². The Hall–Kier alpha value is -0.160. The molecule has 0 aromatic carbocycles. The van der Waals surface area contributed by atoms with Crippen LogP contribution in [-0.2, 0) is 9.47 Å². The number of fused-ring (bicyclic) bond motifs is 1. The van der Waals surface area contributed by atoms with Crippen LogP contribution in [0.5, 0.6) is 0 Å². The Labute approximate surface area is 109 Å². The average molecular weight is 252 g/mol. The Bertz CT molecular complexity index is 305. The van der Waals surface area contributed by atoms with Crippen molar-refractivity contribution in [3.8, 4) is 0 Å². The van der Waals surface area contributed by atoms with Gasteiger partial charge in [0.1, 0.15) is 0 Å². The summed E-state index contributed by atoms with van der Waals surface area (Å²) in [6, 6.07) is 0.742. The van der Waals surface area contributed by atoms with E-state index >= 15 is 0 Å². The van der Waals surface area contributed by atoms with Crippen LogP contribution in [0.4, 0.5) is 0 Å². The zero-order valence-electron chi connectivity index (χ0n) is 11.1. The van der Waals surface area contributed by atoms with Crippen LogP contribution in [0.1, 0.15) is 19.3 Å². The lowest BCUT2D eigenvalue weighted by molar-refractivity contribution is -0.104. The summed E-state index contributed by atoms with van der Waals surface area (Å²) in [6.07, 6.45) is 3.51. The summed E-state index contributed by atoms with van der Waals surface area (Å²) < 4.78 is 11.6. The van der Waals surface area contributed by atoms with E-state index in [9.17, 15) is 0 Å². The van der Waals surface area contributed by atoms with Gasteiger partial charge in [0.25, 0.3) is 0 Å². The zero-order chi connectivity index (χ0) is 12.0. The van der Waals surface area contributed by atoms with Gasteiger partial charge in [0.2, 0.25) is 0 Å². The van der Waals surface area contributed by atoms with Crippen LogP contribution >= 0.6 is 0 Å². The van der Waals surface area contributed by atoms with Crippen molar-refractivity contribution in [1.29, 1.82) is 0 Å². The molecule has 4 rings (SSSR count). The lowest BCUT2D eigenvalue weighted by Gasteiger charge is -2.41. The second-order valence-corrected chi connectivity index (χ2v) is 6.61. The SMILES string of the molecule is C1CC2(CO1)CC(N1CC3CNCC3C1)CCO2. The molecular formula is C14H24N2O2. The number of rotatable bonds is 1. The third-order valence-electron chi connectivity index (χ3n) is 5.47. The van der Waals surface area contributed by atoms with Crippen LogP contribution in [0.15, 0.2) is 0 Å². The van der Waals surface area contributed by atoms with Crippen molar-refractivity contribution < 1.29 is 9.47 Å². The monoisotopic (exact) mass is 252 g/mol. The van der Waals surface area contributed by atoms with Gasteiger partial charge in [-0.3, -0.25) is 4.90 Å². The van der Waals surface area contributed by atoms with Crippen molar-refractivity contribution >= 4 is 0 Å². The summed E-state index contributed by atoms with van der Waals surface area (Å²) in [5.41, 5.74) is 0.0683. The summed E-state index contributed by atoms with van der Waals surface area (Å²) >= 11 is 0. The fourth-order valence-corrected chi connectivity index (χ4v) is 4.37. The van der Waals surface area contributed by atoms with Gasteiger partial charge in [-0.15, -0.1) is 0 Å². The molecule has 102 valence electrons. The maximum absolute atomic E-state index is 6.05. The Morgan fingerprint density at radius 1 is 1.11 bits per heavy atom. The fraction of sp³-hybridized carbons (Fsp3) is 1.00. The van der Waals surface area contributed by atoms with E-state index in [-0.39, 0.29) is 5.60 Å². The molecule has 4 aliphatic heterocycles. The third kappa shape index (κ3) is 1.90. The fourth-order valence-electron chi connectivity index (χ4n) is 4.37. The molecule has 4 aliphatic rings. The van der Waals surface area contributed by atoms with Gasteiger partial charge in [-0.2, -0.15) is 0 Å². The molecule has 0 radical (unpaired) electrons. The van der Waals surface area contributed by atoms with Crippen molar-refractivity contribution in [2.24, 2.45) is 11.8 Å². The Kier molecular flexibility index (Phi) is 2.87. The van der Waals surface area contributed by atoms with E-state index in [0.717, 1.165) is 44.1 Å². The van der Waals surface area contributed by atoms with E-state index in [4.69, 9.17) is 9.47 Å². The second-order valence-electron chi connectivity index (χ2n) is 6.61. The number of nitrogens with one attached hydrogen (secondary N) is 1. The van der Waals surface area contributed by atoms with Gasteiger partial charge < -0.3 is 14.8 Å². The highest BCUT2D eigenvalue weighted by atomic mass is 16.6. The maximum Gasteiger partial charge on any atom is 0.0951 e. The predicted octanol–water partition coefficient (Wildman–Crippen LogP) is 0.476. The summed E-state index contributed by atoms with van der Waals surface area (Å²) in [5.74, 6) is 1.81. The van der Waals surface area contributed by atoms with Crippen LogP contribution in [0.3, 0.4) is 0 Å². The van der Waals surface area contributed by atoms with Crippen LogP contribution in [0, 0.1) is 11.8 Å². The number of likely N-dealkylation sites (tertiary alicyclic amines) is 1. The molecule has 0 aliphatic carbocycles. The Balaban J connectivity index is 1.42. The van der Waals surface area contributed by atoms with E-state index in [1.807, 2.05) is 0 Å². The Morgan fingerprint density at radius 3 is 2.67 bits per heavy atom. The lowest BCUT2D eigenvalue weighted by Crippen LogP contribution is -2.49. The molecule has 4 unspecified atom stereocenters. The molecule has 4 saturated heterocycles. The number of hydrogen-bond acceptors (Lipinski definition) is 4. The molecule has 1 N–H and O–H groups in total. The van der Waals surface area contributed by atoms with E-state index in [1.54, 1.807) is 0 Å². The van der Waals surface area contributed by atoms with Gasteiger partial charge in [0.05, 0.1) is 12.2 Å². The van der Waals surface area contributed by atoms with Gasteiger partial charge in [-0.1, -0.05) is 0 Å². The second kappa shape index (κ2) is 4.44. The van der Waals surface area contributed by atoms with Gasteiger partial charge in [0.15, 0.2) is 0 Å². The first-order valence-electron chi connectivity index (χ1n) is 7.51. The minimum atomic E-state index is 0.0683. The van der Waals surface area contributed by atoms with Crippen molar-refractivity contribution in [2.45, 2.75) is 30.9 Å². The van der Waals surface area contributed by atoms with Crippen LogP contribution in [0.2, 0.25) is 0 Å². The molecule has 4 heterocycles. The van der Waals surface area contributed by atoms with E-state index in [0.29, 0.717) is 0 Å². The average Bonchev–Trinajstić information content (AvgIpc) is 3.04. The molecule has 0 bridgehead atoms. The highest BCUT2D eigenvalue weighted by molar-refractivity contribution is 4.98. The topological polar surface area (TPSA) is 33.7 Å². The van der Waals surface area contributed by atoms with Crippen LogP contribution in [-0.4, -0.2) is 62.5 Å². The van der Waals surface area contributed by atoms with Crippen molar-refractivity contribution in [3.63, 3.8) is 0 Å². The smallest absolute Gasteiger partial charge is 0.0951 e. The predicted molar refractivity (Wildman–Crippen MR) is 68.6 cm³/mol. The van der Waals surface area contributed by atoms with Crippen LogP contribution in [0.25, 0.3) is 0 Å². The molecule has 1 spiro atoms. The summed E-state index contributed by atoms with van der Waals surface area (Å²) in [7, 11) is 0. The summed E-state index contributed by atoms with van der Waals surface area (Å²) in [6.45, 7) is 7.72. The minimum absolute atomic E-state index is 0.0683. The van der Waals surface area contributed by atoms with Gasteiger partial charge in [-0.05, 0) is 37.8 Å². The zero-order valence-corrected chi connectivity index (χ0v) is 11.1. The Morgan fingerprint density at radius 2 is 1.94 bits per heavy atom. The molecule has 0 saturated carbocycles. The molecule has 4 nitrogen and oxygen atoms in total. The lowest BCUT2D eigenvalue weighted by atomic mass is 9.89. The van der Waals surface area contributed by atoms with Gasteiger partial charge in [0, 0.05) is 38.8 Å². The normalized spacial score (nSPS) is 49.0. The standard InChI is InChI=1S/C14H24N2O2/c1-3-18-14(2-4-17-10-14)5-13(1)16-8-11-6-15-7-12(11)9-16/h11-13,15H,1-10H2. The van der Waals surface area contributed by atoms with Gasteiger partial charge in [-0.25, -0.2) is 0 Å². The van der Waals surface area contributed by atoms with Gasteiger partial charge >= 0.3 is 0 Å². The molecule has 18 heavy (non-hydrogen) atoms. The highest BCUT2D eigenvalue weighted by Crippen LogP contribution is 2.37. The van der Waals surface area contributed by atoms with Crippen molar-refractivity contribution in [2.75, 3.05) is 46.0 Å². The van der Waals surface area contributed by atoms with Crippen molar-refractivity contribution in [1.82, 2.24) is 10.2 Å². The number of ether oxygens (including phenoxy) is 2. The largest absolute Gasteiger partial charge is 0.378 e. The maximum atomic E-state index is 6.05. The quantitative estimate of drug-likeness (QED) is 0.736. The molecule has 0 amide bonds. The molecule has 4 fully saturated rings. The summed E-state index contributed by atoms with van der Waals surface area (Å²) in [5, 5.41) is 3.52. The number of nitrogens with zero attached hydrogens (tertiary/aromatic N) is 1. The first-order valence-corrected chi connectivity index (χ1v) is 7.51. The highest BCUT2D eigenvalue weighted by Gasteiger charge is 2.45. The number of hydrogen-bond donors (Lipinski definition) is 1. The first kappa shape index (κ1) is 11.6. The molecule has 0 aromatic rings. The molecular weight excluding hydrogens is 228 g/mol. The van der Waals surface area contributed by atoms with Crippen molar-refractivity contribution in [3.05, 3.63) is 0 Å². The summed E-state index contributed by atoms with van der Waals surface area (Å²) in [4.78, 5) is 2.75. The van der Waals surface area contributed by atoms with E-state index < -0.39 is 0 Å². The molecule has 0 aromatic heterocycles.